The van der Waals surface area contributed by atoms with E-state index in [1.54, 1.807) is 42.5 Å². The van der Waals surface area contributed by atoms with Crippen molar-refractivity contribution in [2.24, 2.45) is 0 Å². The smallest absolute Gasteiger partial charge is 0.307 e. The van der Waals surface area contributed by atoms with E-state index in [-0.39, 0.29) is 34.7 Å². The molecule has 1 aliphatic carbocycles. The summed E-state index contributed by atoms with van der Waals surface area (Å²) in [4.78, 5) is 23.8. The molecule has 0 unspecified atom stereocenters. The Morgan fingerprint density at radius 3 is 2.43 bits per heavy atom. The second-order valence-corrected chi connectivity index (χ2v) is 10.2. The third-order valence-corrected chi connectivity index (χ3v) is 7.12. The van der Waals surface area contributed by atoms with Crippen LogP contribution in [0.2, 0.25) is 0 Å². The fourth-order valence-corrected chi connectivity index (χ4v) is 4.66. The first-order valence-corrected chi connectivity index (χ1v) is 12.7. The molecule has 0 radical (unpaired) electrons. The number of rotatable bonds is 9. The van der Waals surface area contributed by atoms with Crippen molar-refractivity contribution in [3.63, 3.8) is 0 Å². The van der Waals surface area contributed by atoms with Crippen LogP contribution in [0.1, 0.15) is 40.7 Å². The highest BCUT2D eigenvalue weighted by Crippen LogP contribution is 2.33. The molecule has 0 aromatic heterocycles. The van der Waals surface area contributed by atoms with E-state index in [1.807, 2.05) is 6.92 Å². The number of hydrogen-bond acceptors (Lipinski definition) is 5. The van der Waals surface area contributed by atoms with Gasteiger partial charge in [0.05, 0.1) is 17.0 Å². The lowest BCUT2D eigenvalue weighted by Gasteiger charge is -2.26. The molecule has 0 saturated heterocycles. The molecule has 8 nitrogen and oxygen atoms in total. The van der Waals surface area contributed by atoms with Crippen molar-refractivity contribution in [1.82, 2.24) is 5.32 Å². The van der Waals surface area contributed by atoms with Crippen molar-refractivity contribution in [2.75, 3.05) is 4.72 Å². The number of anilines is 1. The van der Waals surface area contributed by atoms with Gasteiger partial charge in [0, 0.05) is 11.6 Å². The molecule has 3 aromatic rings. The largest absolute Gasteiger partial charge is 0.481 e. The van der Waals surface area contributed by atoms with Crippen LogP contribution in [0.25, 0.3) is 0 Å². The molecular formula is C26H26N2O6S. The van der Waals surface area contributed by atoms with E-state index in [0.717, 1.165) is 24.8 Å². The van der Waals surface area contributed by atoms with Crippen molar-refractivity contribution >= 4 is 27.6 Å². The van der Waals surface area contributed by atoms with Crippen molar-refractivity contribution < 1.29 is 27.9 Å². The molecule has 0 bridgehead atoms. The summed E-state index contributed by atoms with van der Waals surface area (Å²) < 4.78 is 34.6. The molecule has 3 N–H and O–H groups in total. The van der Waals surface area contributed by atoms with E-state index >= 15 is 0 Å². The summed E-state index contributed by atoms with van der Waals surface area (Å²) in [7, 11) is -3.97. The summed E-state index contributed by atoms with van der Waals surface area (Å²) in [5.74, 6) is -0.754. The van der Waals surface area contributed by atoms with Gasteiger partial charge in [-0.15, -0.1) is 0 Å². The minimum Gasteiger partial charge on any atom is -0.481 e. The van der Waals surface area contributed by atoms with Gasteiger partial charge in [-0.1, -0.05) is 29.8 Å². The number of carbonyl (C=O) groups excluding carboxylic acids is 1. The SMILES string of the molecule is Cc1ccc(S(=O)(=O)Nc2cc(C(=O)NC3CCC3)ccc2Oc2cccc(CC(=O)O)c2)cc1. The minimum atomic E-state index is -3.97. The Kier molecular flexibility index (Phi) is 7.07. The van der Waals surface area contributed by atoms with Crippen LogP contribution < -0.4 is 14.8 Å². The zero-order chi connectivity index (χ0) is 25.0. The molecule has 0 aliphatic heterocycles. The molecule has 0 spiro atoms. The summed E-state index contributed by atoms with van der Waals surface area (Å²) >= 11 is 0. The number of hydrogen-bond donors (Lipinski definition) is 3. The fraction of sp³-hybridized carbons (Fsp3) is 0.231. The summed E-state index contributed by atoms with van der Waals surface area (Å²) in [6.45, 7) is 1.86. The third-order valence-electron chi connectivity index (χ3n) is 5.74. The monoisotopic (exact) mass is 494 g/mol. The van der Waals surface area contributed by atoms with E-state index < -0.39 is 16.0 Å². The average molecular weight is 495 g/mol. The van der Waals surface area contributed by atoms with Crippen LogP contribution >= 0.6 is 0 Å². The second-order valence-electron chi connectivity index (χ2n) is 8.55. The van der Waals surface area contributed by atoms with E-state index in [4.69, 9.17) is 9.84 Å². The number of amides is 1. The van der Waals surface area contributed by atoms with Gasteiger partial charge in [0.2, 0.25) is 0 Å². The van der Waals surface area contributed by atoms with Crippen LogP contribution in [-0.2, 0) is 21.2 Å². The standard InChI is InChI=1S/C26H26N2O6S/c1-17-8-11-22(12-9-17)35(32,33)28-23-16-19(26(31)27-20-5-3-6-20)10-13-24(23)34-21-7-2-4-18(14-21)15-25(29)30/h2,4,7-14,16,20,28H,3,5-6,15H2,1H3,(H,27,31)(H,29,30). The molecule has 3 aromatic carbocycles. The number of ether oxygens (including phenoxy) is 1. The fourth-order valence-electron chi connectivity index (χ4n) is 3.60. The normalized spacial score (nSPS) is 13.5. The van der Waals surface area contributed by atoms with Crippen molar-refractivity contribution in [3.8, 4) is 11.5 Å². The van der Waals surface area contributed by atoms with Crippen LogP contribution in [0.5, 0.6) is 11.5 Å². The number of carboxylic acid groups (broad SMARTS) is 1. The second kappa shape index (κ2) is 10.2. The lowest BCUT2D eigenvalue weighted by molar-refractivity contribution is -0.136. The van der Waals surface area contributed by atoms with Gasteiger partial charge in [-0.3, -0.25) is 14.3 Å². The van der Waals surface area contributed by atoms with Crippen LogP contribution in [-0.4, -0.2) is 31.4 Å². The maximum atomic E-state index is 13.1. The average Bonchev–Trinajstić information content (AvgIpc) is 2.77. The molecule has 1 fully saturated rings. The predicted octanol–water partition coefficient (Wildman–Crippen LogP) is 4.50. The highest BCUT2D eigenvalue weighted by molar-refractivity contribution is 7.92. The van der Waals surface area contributed by atoms with Crippen LogP contribution in [0.3, 0.4) is 0 Å². The van der Waals surface area contributed by atoms with Crippen LogP contribution in [0.4, 0.5) is 5.69 Å². The van der Waals surface area contributed by atoms with Gasteiger partial charge in [0.25, 0.3) is 15.9 Å². The van der Waals surface area contributed by atoms with Crippen LogP contribution in [0, 0.1) is 6.92 Å². The quantitative estimate of drug-likeness (QED) is 0.403. The summed E-state index contributed by atoms with van der Waals surface area (Å²) in [6, 6.07) is 17.6. The van der Waals surface area contributed by atoms with Gasteiger partial charge in [0.15, 0.2) is 5.75 Å². The lowest BCUT2D eigenvalue weighted by Crippen LogP contribution is -2.39. The zero-order valence-electron chi connectivity index (χ0n) is 19.2. The number of sulfonamides is 1. The molecule has 182 valence electrons. The molecule has 1 aliphatic rings. The molecule has 4 rings (SSSR count). The number of aliphatic carboxylic acids is 1. The Labute approximate surface area is 204 Å². The van der Waals surface area contributed by atoms with Crippen LogP contribution in [0.15, 0.2) is 71.6 Å². The zero-order valence-corrected chi connectivity index (χ0v) is 20.0. The van der Waals surface area contributed by atoms with Crippen molar-refractivity contribution in [2.45, 2.75) is 43.5 Å². The van der Waals surface area contributed by atoms with E-state index in [9.17, 15) is 18.0 Å². The molecule has 9 heteroatoms. The van der Waals surface area contributed by atoms with Gasteiger partial charge in [-0.05, 0) is 74.2 Å². The Hall–Kier alpha value is -3.85. The highest BCUT2D eigenvalue weighted by Gasteiger charge is 2.22. The number of nitrogens with one attached hydrogen (secondary N) is 2. The van der Waals surface area contributed by atoms with Gasteiger partial charge < -0.3 is 15.2 Å². The first-order valence-electron chi connectivity index (χ1n) is 11.2. The number of carbonyl (C=O) groups is 2. The Balaban J connectivity index is 1.66. The first kappa shape index (κ1) is 24.3. The Bertz CT molecular complexity index is 1350. The number of carboxylic acids is 1. The van der Waals surface area contributed by atoms with Gasteiger partial charge >= 0.3 is 5.97 Å². The maximum absolute atomic E-state index is 13.1. The Morgan fingerprint density at radius 1 is 1.03 bits per heavy atom. The lowest BCUT2D eigenvalue weighted by atomic mass is 9.93. The molecular weight excluding hydrogens is 468 g/mol. The topological polar surface area (TPSA) is 122 Å². The highest BCUT2D eigenvalue weighted by atomic mass is 32.2. The molecule has 0 heterocycles. The Morgan fingerprint density at radius 2 is 1.77 bits per heavy atom. The van der Waals surface area contributed by atoms with Gasteiger partial charge in [0.1, 0.15) is 5.75 Å². The van der Waals surface area contributed by atoms with E-state index in [0.29, 0.717) is 16.9 Å². The maximum Gasteiger partial charge on any atom is 0.307 e. The molecule has 35 heavy (non-hydrogen) atoms. The molecule has 0 atom stereocenters. The van der Waals surface area contributed by atoms with E-state index in [1.165, 1.54) is 24.3 Å². The predicted molar refractivity (Wildman–Crippen MR) is 131 cm³/mol. The van der Waals surface area contributed by atoms with Crippen molar-refractivity contribution in [3.05, 3.63) is 83.4 Å². The third kappa shape index (κ3) is 6.19. The molecule has 1 amide bonds. The van der Waals surface area contributed by atoms with Crippen molar-refractivity contribution in [1.29, 1.82) is 0 Å². The summed E-state index contributed by atoms with van der Waals surface area (Å²) in [5, 5.41) is 12.0. The van der Waals surface area contributed by atoms with Gasteiger partial charge in [-0.2, -0.15) is 0 Å². The molecule has 1 saturated carbocycles. The number of aryl methyl sites for hydroxylation is 1. The van der Waals surface area contributed by atoms with Gasteiger partial charge in [-0.25, -0.2) is 8.42 Å². The summed E-state index contributed by atoms with van der Waals surface area (Å²) in [5.41, 5.74) is 1.85. The minimum absolute atomic E-state index is 0.0711. The summed E-state index contributed by atoms with van der Waals surface area (Å²) in [6.07, 6.45) is 2.74. The van der Waals surface area contributed by atoms with E-state index in [2.05, 4.69) is 10.0 Å². The first-order chi connectivity index (χ1) is 16.7. The number of benzene rings is 3.